The van der Waals surface area contributed by atoms with Crippen molar-refractivity contribution in [1.82, 2.24) is 0 Å². The molecule has 2 atom stereocenters. The Morgan fingerprint density at radius 2 is 1.00 bits per heavy atom. The second kappa shape index (κ2) is 21.6. The average Bonchev–Trinajstić information content (AvgIpc) is 2.66. The summed E-state index contributed by atoms with van der Waals surface area (Å²) in [5, 5.41) is 51.6. The topological polar surface area (TPSA) is 156 Å². The Morgan fingerprint density at radius 3 is 1.29 bits per heavy atom. The summed E-state index contributed by atoms with van der Waals surface area (Å²) in [5.74, 6) is -1.83. The van der Waals surface area contributed by atoms with Crippen LogP contribution in [0, 0.1) is 0 Å². The molecular weight excluding hydrogens is 368 g/mol. The highest BCUT2D eigenvalue weighted by atomic mass is 16.4. The molecule has 0 aromatic heterocycles. The van der Waals surface area contributed by atoms with E-state index in [1.165, 1.54) is 0 Å². The van der Waals surface area contributed by atoms with Gasteiger partial charge in [0.05, 0.1) is 25.4 Å². The van der Waals surface area contributed by atoms with Gasteiger partial charge in [0.25, 0.3) is 0 Å². The van der Waals surface area contributed by atoms with Crippen molar-refractivity contribution >= 4 is 11.9 Å². The van der Waals surface area contributed by atoms with Crippen LogP contribution in [0.2, 0.25) is 0 Å². The van der Waals surface area contributed by atoms with E-state index in [-0.39, 0.29) is 13.2 Å². The Labute approximate surface area is 166 Å². The number of rotatable bonds is 16. The molecule has 0 fully saturated rings. The molecule has 8 heteroatoms. The molecule has 0 spiro atoms. The number of aliphatic hydroxyl groups excluding tert-OH is 4. The summed E-state index contributed by atoms with van der Waals surface area (Å²) in [5.41, 5.74) is 0. The number of aliphatic hydroxyl groups is 4. The normalized spacial score (nSPS) is 13.3. The smallest absolute Gasteiger partial charge is 0.327 e. The van der Waals surface area contributed by atoms with E-state index in [4.69, 9.17) is 30.6 Å². The maximum Gasteiger partial charge on any atom is 0.327 e. The van der Waals surface area contributed by atoms with Crippen LogP contribution in [0.3, 0.4) is 0 Å². The van der Waals surface area contributed by atoms with E-state index in [0.717, 1.165) is 63.5 Å². The van der Waals surface area contributed by atoms with Gasteiger partial charge in [0.2, 0.25) is 0 Å². The van der Waals surface area contributed by atoms with Crippen LogP contribution in [0.25, 0.3) is 0 Å². The maximum atomic E-state index is 10.1. The Balaban J connectivity index is 0. The van der Waals surface area contributed by atoms with Gasteiger partial charge in [0.15, 0.2) is 0 Å². The van der Waals surface area contributed by atoms with Crippen LogP contribution in [0.15, 0.2) is 24.3 Å². The van der Waals surface area contributed by atoms with Gasteiger partial charge in [-0.25, -0.2) is 9.59 Å². The minimum absolute atomic E-state index is 0.182. The molecular formula is C20H36O8. The molecule has 6 N–H and O–H groups in total. The number of allylic oxidation sites excluding steroid dienone is 2. The van der Waals surface area contributed by atoms with Gasteiger partial charge in [0, 0.05) is 12.2 Å². The van der Waals surface area contributed by atoms with Gasteiger partial charge in [-0.2, -0.15) is 0 Å². The predicted octanol–water partition coefficient (Wildman–Crippen LogP) is 1.86. The largest absolute Gasteiger partial charge is 0.478 e. The molecule has 28 heavy (non-hydrogen) atoms. The van der Waals surface area contributed by atoms with E-state index in [1.807, 2.05) is 0 Å². The Hall–Kier alpha value is -1.74. The number of hydrogen-bond donors (Lipinski definition) is 6. The highest BCUT2D eigenvalue weighted by Gasteiger charge is 2.00. The fourth-order valence-corrected chi connectivity index (χ4v) is 2.19. The second-order valence-electron chi connectivity index (χ2n) is 6.43. The first-order valence-electron chi connectivity index (χ1n) is 9.70. The standard InChI is InChI=1S/2C10H18O4/c2*11-8-9(12)6-4-2-1-3-5-7-10(13)14/h2*5,7,9,11-12H,1-4,6,8H2,(H,13,14)/b2*7-5+/t2*9-/m10/s1. The zero-order valence-corrected chi connectivity index (χ0v) is 16.4. The zero-order chi connectivity index (χ0) is 21.6. The van der Waals surface area contributed by atoms with E-state index < -0.39 is 24.1 Å². The van der Waals surface area contributed by atoms with Crippen molar-refractivity contribution in [3.05, 3.63) is 24.3 Å². The van der Waals surface area contributed by atoms with Gasteiger partial charge in [-0.15, -0.1) is 0 Å². The van der Waals surface area contributed by atoms with E-state index in [1.54, 1.807) is 12.2 Å². The third kappa shape index (κ3) is 26.5. The summed E-state index contributed by atoms with van der Waals surface area (Å²) in [6.07, 6.45) is 12.5. The molecule has 0 unspecified atom stereocenters. The molecule has 0 aromatic rings. The lowest BCUT2D eigenvalue weighted by Gasteiger charge is -2.05. The van der Waals surface area contributed by atoms with E-state index in [9.17, 15) is 9.59 Å². The van der Waals surface area contributed by atoms with E-state index in [2.05, 4.69) is 0 Å². The first-order chi connectivity index (χ1) is 13.3. The first kappa shape index (κ1) is 28.5. The van der Waals surface area contributed by atoms with E-state index in [0.29, 0.717) is 12.8 Å². The van der Waals surface area contributed by atoms with E-state index >= 15 is 0 Å². The second-order valence-corrected chi connectivity index (χ2v) is 6.43. The fraction of sp³-hybridized carbons (Fsp3) is 0.700. The number of carboxylic acids is 2. The fourth-order valence-electron chi connectivity index (χ4n) is 2.19. The summed E-state index contributed by atoms with van der Waals surface area (Å²) in [6.45, 7) is -0.363. The van der Waals surface area contributed by atoms with Crippen LogP contribution in [0.5, 0.6) is 0 Å². The van der Waals surface area contributed by atoms with Crippen molar-refractivity contribution in [2.24, 2.45) is 0 Å². The van der Waals surface area contributed by atoms with Gasteiger partial charge < -0.3 is 30.6 Å². The molecule has 0 aromatic carbocycles. The summed E-state index contributed by atoms with van der Waals surface area (Å²) in [7, 11) is 0. The van der Waals surface area contributed by atoms with Crippen molar-refractivity contribution < 1.29 is 40.2 Å². The number of aliphatic carboxylic acids is 2. The van der Waals surface area contributed by atoms with Gasteiger partial charge in [-0.1, -0.05) is 37.8 Å². The van der Waals surface area contributed by atoms with Gasteiger partial charge in [0.1, 0.15) is 0 Å². The molecule has 8 nitrogen and oxygen atoms in total. The van der Waals surface area contributed by atoms with Gasteiger partial charge >= 0.3 is 11.9 Å². The zero-order valence-electron chi connectivity index (χ0n) is 16.4. The summed E-state index contributed by atoms with van der Waals surface area (Å²) < 4.78 is 0. The SMILES string of the molecule is O=C(O)/C=C/CCCCC[C@@H](O)CO.O=C(O)/C=C/CCCCC[C@H](O)CO. The molecule has 0 amide bonds. The average molecular weight is 405 g/mol. The third-order valence-corrected chi connectivity index (χ3v) is 3.76. The predicted molar refractivity (Wildman–Crippen MR) is 106 cm³/mol. The molecule has 0 bridgehead atoms. The van der Waals surface area contributed by atoms with Crippen molar-refractivity contribution in [2.45, 2.75) is 76.4 Å². The summed E-state index contributed by atoms with van der Waals surface area (Å²) in [4.78, 5) is 20.1. The number of hydrogen-bond acceptors (Lipinski definition) is 6. The third-order valence-electron chi connectivity index (χ3n) is 3.76. The molecule has 0 rings (SSSR count). The molecule has 0 heterocycles. The molecule has 0 aliphatic heterocycles. The lowest BCUT2D eigenvalue weighted by Crippen LogP contribution is -2.10. The molecule has 0 aliphatic rings. The molecule has 0 saturated heterocycles. The number of carbonyl (C=O) groups is 2. The number of unbranched alkanes of at least 4 members (excludes halogenated alkanes) is 6. The van der Waals surface area contributed by atoms with Crippen LogP contribution in [0.4, 0.5) is 0 Å². The Bertz CT molecular complexity index is 394. The quantitative estimate of drug-likeness (QED) is 0.168. The highest BCUT2D eigenvalue weighted by Crippen LogP contribution is 2.06. The maximum absolute atomic E-state index is 10.1. The molecule has 0 saturated carbocycles. The van der Waals surface area contributed by atoms with Crippen LogP contribution in [-0.4, -0.2) is 68.0 Å². The van der Waals surface area contributed by atoms with Crippen LogP contribution >= 0.6 is 0 Å². The van der Waals surface area contributed by atoms with Crippen molar-refractivity contribution in [3.8, 4) is 0 Å². The van der Waals surface area contributed by atoms with Crippen molar-refractivity contribution in [2.75, 3.05) is 13.2 Å². The van der Waals surface area contributed by atoms with Crippen LogP contribution in [0.1, 0.15) is 64.2 Å². The van der Waals surface area contributed by atoms with Gasteiger partial charge in [-0.3, -0.25) is 0 Å². The lowest BCUT2D eigenvalue weighted by atomic mass is 10.1. The summed E-state index contributed by atoms with van der Waals surface area (Å²) in [6, 6.07) is 0. The molecule has 164 valence electrons. The molecule has 0 aliphatic carbocycles. The lowest BCUT2D eigenvalue weighted by molar-refractivity contribution is -0.132. The monoisotopic (exact) mass is 404 g/mol. The minimum Gasteiger partial charge on any atom is -0.478 e. The highest BCUT2D eigenvalue weighted by molar-refractivity contribution is 5.79. The van der Waals surface area contributed by atoms with Crippen LogP contribution in [-0.2, 0) is 9.59 Å². The summed E-state index contributed by atoms with van der Waals surface area (Å²) >= 11 is 0. The molecule has 0 radical (unpaired) electrons. The van der Waals surface area contributed by atoms with Crippen molar-refractivity contribution in [1.29, 1.82) is 0 Å². The number of carboxylic acid groups (broad SMARTS) is 2. The van der Waals surface area contributed by atoms with Crippen LogP contribution < -0.4 is 0 Å². The first-order valence-corrected chi connectivity index (χ1v) is 9.70. The van der Waals surface area contributed by atoms with Crippen molar-refractivity contribution in [3.63, 3.8) is 0 Å². The minimum atomic E-state index is -0.916. The van der Waals surface area contributed by atoms with Gasteiger partial charge in [-0.05, 0) is 38.5 Å². The Morgan fingerprint density at radius 1 is 0.643 bits per heavy atom. The Kier molecular flexibility index (Phi) is 21.9.